The van der Waals surface area contributed by atoms with Crippen molar-refractivity contribution in [2.24, 2.45) is 0 Å². The van der Waals surface area contributed by atoms with Gasteiger partial charge < -0.3 is 5.11 Å². The highest BCUT2D eigenvalue weighted by Gasteiger charge is 2.11. The summed E-state index contributed by atoms with van der Waals surface area (Å²) in [5, 5.41) is 11.7. The molecule has 0 unspecified atom stereocenters. The minimum atomic E-state index is -0.519. The number of phenols is 1. The molecule has 3 rings (SSSR count). The van der Waals surface area contributed by atoms with Gasteiger partial charge in [0, 0.05) is 0 Å². The number of benzene rings is 2. The number of aromatic hydroxyl groups is 1. The Morgan fingerprint density at radius 3 is 2.15 bits per heavy atom. The Morgan fingerprint density at radius 2 is 1.50 bits per heavy atom. The maximum absolute atomic E-state index is 12.3. The molecule has 100 valence electrons. The van der Waals surface area contributed by atoms with Gasteiger partial charge in [0.2, 0.25) is 0 Å². The van der Waals surface area contributed by atoms with Crippen molar-refractivity contribution >= 4 is 0 Å². The second-order valence-electron chi connectivity index (χ2n) is 4.22. The highest BCUT2D eigenvalue weighted by molar-refractivity contribution is 5.36. The van der Waals surface area contributed by atoms with E-state index in [9.17, 15) is 14.7 Å². The molecule has 0 spiro atoms. The molecule has 0 aliphatic rings. The minimum absolute atomic E-state index is 0.0895. The van der Waals surface area contributed by atoms with Gasteiger partial charge in [-0.2, -0.15) is 0 Å². The number of H-pyrrole nitrogens is 1. The molecule has 2 N–H and O–H groups in total. The Kier molecular flexibility index (Phi) is 2.76. The van der Waals surface area contributed by atoms with Crippen LogP contribution in [0.1, 0.15) is 0 Å². The highest BCUT2D eigenvalue weighted by Crippen LogP contribution is 2.11. The molecule has 0 amide bonds. The second kappa shape index (κ2) is 4.58. The van der Waals surface area contributed by atoms with E-state index in [0.29, 0.717) is 11.4 Å². The number of hydrogen-bond donors (Lipinski definition) is 2. The number of rotatable bonds is 2. The van der Waals surface area contributed by atoms with E-state index >= 15 is 0 Å². The van der Waals surface area contributed by atoms with Gasteiger partial charge in [-0.1, -0.05) is 18.2 Å². The molecule has 1 heterocycles. The lowest BCUT2D eigenvalue weighted by molar-refractivity contribution is 0.475. The quantitative estimate of drug-likeness (QED) is 0.729. The average molecular weight is 269 g/mol. The first-order chi connectivity index (χ1) is 9.66. The maximum atomic E-state index is 12.3. The van der Waals surface area contributed by atoms with Gasteiger partial charge in [-0.3, -0.25) is 0 Å². The zero-order valence-corrected chi connectivity index (χ0v) is 10.4. The summed E-state index contributed by atoms with van der Waals surface area (Å²) in [4.78, 5) is 24.2. The van der Waals surface area contributed by atoms with E-state index in [1.807, 2.05) is 0 Å². The molecule has 0 saturated carbocycles. The Balaban J connectivity index is 2.20. The molecule has 0 aliphatic carbocycles. The molecular formula is C14H11N3O3. The third-order valence-corrected chi connectivity index (χ3v) is 2.92. The molecular weight excluding hydrogens is 258 g/mol. The van der Waals surface area contributed by atoms with Crippen LogP contribution >= 0.6 is 0 Å². The van der Waals surface area contributed by atoms with Crippen LogP contribution in [-0.2, 0) is 0 Å². The van der Waals surface area contributed by atoms with Crippen LogP contribution in [0.5, 0.6) is 5.75 Å². The van der Waals surface area contributed by atoms with E-state index in [2.05, 4.69) is 5.10 Å². The van der Waals surface area contributed by atoms with Crippen molar-refractivity contribution in [1.82, 2.24) is 14.3 Å². The van der Waals surface area contributed by atoms with Gasteiger partial charge in [0.05, 0.1) is 11.4 Å². The van der Waals surface area contributed by atoms with E-state index < -0.39 is 11.4 Å². The van der Waals surface area contributed by atoms with Crippen LogP contribution in [-0.4, -0.2) is 19.5 Å². The van der Waals surface area contributed by atoms with Gasteiger partial charge in [0.1, 0.15) is 5.75 Å². The van der Waals surface area contributed by atoms with Crippen LogP contribution in [0.15, 0.2) is 64.2 Å². The summed E-state index contributed by atoms with van der Waals surface area (Å²) in [6.45, 7) is 0. The van der Waals surface area contributed by atoms with Crippen LogP contribution in [0.25, 0.3) is 11.4 Å². The van der Waals surface area contributed by atoms with Gasteiger partial charge in [-0.25, -0.2) is 23.9 Å². The van der Waals surface area contributed by atoms with Gasteiger partial charge in [0.15, 0.2) is 0 Å². The van der Waals surface area contributed by atoms with E-state index in [0.717, 1.165) is 9.25 Å². The molecule has 6 nitrogen and oxygen atoms in total. The fraction of sp³-hybridized carbons (Fsp3) is 0. The second-order valence-corrected chi connectivity index (χ2v) is 4.22. The fourth-order valence-electron chi connectivity index (χ4n) is 1.96. The minimum Gasteiger partial charge on any atom is -0.508 e. The Hall–Kier alpha value is -3.02. The fourth-order valence-corrected chi connectivity index (χ4v) is 1.96. The third kappa shape index (κ3) is 1.93. The van der Waals surface area contributed by atoms with Crippen molar-refractivity contribution in [3.8, 4) is 17.1 Å². The van der Waals surface area contributed by atoms with Crippen molar-refractivity contribution in [2.45, 2.75) is 0 Å². The normalized spacial score (nSPS) is 10.6. The van der Waals surface area contributed by atoms with Crippen molar-refractivity contribution in [3.63, 3.8) is 0 Å². The third-order valence-electron chi connectivity index (χ3n) is 2.92. The van der Waals surface area contributed by atoms with Crippen LogP contribution in [0, 0.1) is 0 Å². The van der Waals surface area contributed by atoms with Crippen LogP contribution < -0.4 is 11.4 Å². The average Bonchev–Trinajstić information content (AvgIpc) is 2.76. The predicted octanol–water partition coefficient (Wildman–Crippen LogP) is 1.02. The highest BCUT2D eigenvalue weighted by atomic mass is 16.3. The van der Waals surface area contributed by atoms with E-state index in [4.69, 9.17) is 0 Å². The van der Waals surface area contributed by atoms with Crippen molar-refractivity contribution < 1.29 is 5.11 Å². The van der Waals surface area contributed by atoms with Gasteiger partial charge in [0.25, 0.3) is 0 Å². The zero-order valence-electron chi connectivity index (χ0n) is 10.4. The number of aromatic nitrogens is 3. The lowest BCUT2D eigenvalue weighted by Gasteiger charge is -2.00. The predicted molar refractivity (Wildman–Crippen MR) is 73.7 cm³/mol. The number of nitrogens with one attached hydrogen (secondary N) is 1. The van der Waals surface area contributed by atoms with E-state index in [-0.39, 0.29) is 5.75 Å². The summed E-state index contributed by atoms with van der Waals surface area (Å²) in [6.07, 6.45) is 0. The molecule has 0 aliphatic heterocycles. The number of para-hydroxylation sites is 1. The maximum Gasteiger partial charge on any atom is 0.356 e. The SMILES string of the molecule is O=c1[nH]n(-c2ccc(O)cc2)c(=O)n1-c1ccccc1. The van der Waals surface area contributed by atoms with Crippen LogP contribution in [0.3, 0.4) is 0 Å². The molecule has 6 heteroatoms. The van der Waals surface area contributed by atoms with Crippen molar-refractivity contribution in [1.29, 1.82) is 0 Å². The first-order valence-electron chi connectivity index (χ1n) is 5.96. The first-order valence-corrected chi connectivity index (χ1v) is 5.96. The van der Waals surface area contributed by atoms with Gasteiger partial charge in [-0.05, 0) is 36.4 Å². The molecule has 0 fully saturated rings. The summed E-state index contributed by atoms with van der Waals surface area (Å²) in [5.74, 6) is 0.0895. The van der Waals surface area contributed by atoms with Crippen molar-refractivity contribution in [2.75, 3.05) is 0 Å². The number of aromatic amines is 1. The molecule has 0 radical (unpaired) electrons. The molecule has 20 heavy (non-hydrogen) atoms. The Morgan fingerprint density at radius 1 is 0.850 bits per heavy atom. The Labute approximate surface area is 113 Å². The smallest absolute Gasteiger partial charge is 0.356 e. The summed E-state index contributed by atoms with van der Waals surface area (Å²) >= 11 is 0. The monoisotopic (exact) mass is 269 g/mol. The van der Waals surface area contributed by atoms with Gasteiger partial charge >= 0.3 is 11.4 Å². The first kappa shape index (κ1) is 12.0. The number of nitrogens with zero attached hydrogens (tertiary/aromatic N) is 2. The molecule has 1 aromatic heterocycles. The molecule has 0 saturated heterocycles. The van der Waals surface area contributed by atoms with Crippen LogP contribution in [0.2, 0.25) is 0 Å². The van der Waals surface area contributed by atoms with Crippen LogP contribution in [0.4, 0.5) is 0 Å². The Bertz CT molecular complexity index is 842. The molecule has 0 bridgehead atoms. The molecule has 2 aromatic carbocycles. The van der Waals surface area contributed by atoms with E-state index in [1.165, 1.54) is 12.1 Å². The molecule has 3 aromatic rings. The van der Waals surface area contributed by atoms with Gasteiger partial charge in [-0.15, -0.1) is 0 Å². The standard InChI is InChI=1S/C14H11N3O3/c18-12-8-6-11(7-9-12)17-14(20)16(13(19)15-17)10-4-2-1-3-5-10/h1-9,18H,(H,15,19). The lowest BCUT2D eigenvalue weighted by atomic mass is 10.3. The number of phenolic OH excluding ortho intramolecular Hbond substituents is 1. The van der Waals surface area contributed by atoms with E-state index in [1.54, 1.807) is 42.5 Å². The summed E-state index contributed by atoms with van der Waals surface area (Å²) < 4.78 is 2.18. The summed E-state index contributed by atoms with van der Waals surface area (Å²) in [6, 6.07) is 14.6. The topological polar surface area (TPSA) is 80.0 Å². The van der Waals surface area contributed by atoms with Crippen molar-refractivity contribution in [3.05, 3.63) is 75.6 Å². The summed E-state index contributed by atoms with van der Waals surface area (Å²) in [7, 11) is 0. The zero-order chi connectivity index (χ0) is 14.1. The molecule has 0 atom stereocenters. The lowest BCUT2D eigenvalue weighted by Crippen LogP contribution is -2.26. The summed E-state index contributed by atoms with van der Waals surface area (Å²) in [5.41, 5.74) is -0.0444. The largest absolute Gasteiger partial charge is 0.508 e. The number of hydrogen-bond acceptors (Lipinski definition) is 3.